The lowest BCUT2D eigenvalue weighted by Gasteiger charge is -2.23. The van der Waals surface area contributed by atoms with Gasteiger partial charge in [0, 0.05) is 17.1 Å². The first-order valence-corrected chi connectivity index (χ1v) is 11.9. The summed E-state index contributed by atoms with van der Waals surface area (Å²) in [6, 6.07) is 15.0. The average Bonchev–Trinajstić information content (AvgIpc) is 3.06. The van der Waals surface area contributed by atoms with Crippen molar-refractivity contribution in [2.45, 2.75) is 30.4 Å². The molecule has 27 heavy (non-hydrogen) atoms. The third-order valence-corrected chi connectivity index (χ3v) is 7.67. The van der Waals surface area contributed by atoms with E-state index in [1.54, 1.807) is 21.6 Å². The monoisotopic (exact) mass is 402 g/mol. The number of carbonyl (C=O) groups excluding carboxylic acids is 1. The minimum atomic E-state index is -3.16. The van der Waals surface area contributed by atoms with Crippen molar-refractivity contribution < 1.29 is 13.2 Å². The largest absolute Gasteiger partial charge is 0.325 e. The molecule has 2 amide bonds. The van der Waals surface area contributed by atoms with Gasteiger partial charge in [-0.05, 0) is 36.9 Å². The Hall–Kier alpha value is -1.99. The summed E-state index contributed by atoms with van der Waals surface area (Å²) in [4.78, 5) is 17.7. The van der Waals surface area contributed by atoms with Crippen LogP contribution in [0.15, 0.2) is 53.4 Å². The topological polar surface area (TPSA) is 57.7 Å². The van der Waals surface area contributed by atoms with Gasteiger partial charge in [0.05, 0.1) is 23.6 Å². The van der Waals surface area contributed by atoms with Crippen LogP contribution in [-0.2, 0) is 16.4 Å². The molecule has 0 bridgehead atoms. The van der Waals surface area contributed by atoms with E-state index in [9.17, 15) is 13.2 Å². The number of nitrogens with zero attached hydrogens (tertiary/aromatic N) is 2. The Kier molecular flexibility index (Phi) is 4.68. The number of sulfone groups is 1. The molecule has 0 aromatic heterocycles. The van der Waals surface area contributed by atoms with E-state index in [2.05, 4.69) is 0 Å². The summed E-state index contributed by atoms with van der Waals surface area (Å²) in [5.74, 6) is 0.0607. The first-order chi connectivity index (χ1) is 12.9. The molecule has 4 rings (SSSR count). The highest BCUT2D eigenvalue weighted by atomic mass is 32.2. The number of hydrogen-bond donors (Lipinski definition) is 0. The van der Waals surface area contributed by atoms with Crippen LogP contribution in [0.2, 0.25) is 0 Å². The van der Waals surface area contributed by atoms with Gasteiger partial charge in [-0.3, -0.25) is 4.90 Å². The number of fused-ring (bicyclic) bond motifs is 1. The van der Waals surface area contributed by atoms with Crippen LogP contribution < -0.4 is 4.90 Å². The molecule has 2 heterocycles. The second-order valence-corrected chi connectivity index (χ2v) is 10.2. The number of aryl methyl sites for hydroxylation is 1. The van der Waals surface area contributed by atoms with Gasteiger partial charge in [-0.25, -0.2) is 13.2 Å². The Morgan fingerprint density at radius 1 is 1.07 bits per heavy atom. The average molecular weight is 403 g/mol. The minimum Gasteiger partial charge on any atom is -0.314 e. The van der Waals surface area contributed by atoms with Gasteiger partial charge in [0.15, 0.2) is 9.84 Å². The third kappa shape index (κ3) is 3.46. The summed E-state index contributed by atoms with van der Waals surface area (Å²) in [6.45, 7) is 2.44. The Balaban J connectivity index is 1.71. The van der Waals surface area contributed by atoms with E-state index in [1.165, 1.54) is 0 Å². The number of benzene rings is 2. The Bertz CT molecular complexity index is 990. The molecule has 5 nitrogen and oxygen atoms in total. The van der Waals surface area contributed by atoms with E-state index in [0.717, 1.165) is 21.7 Å². The van der Waals surface area contributed by atoms with Crippen molar-refractivity contribution in [2.24, 2.45) is 0 Å². The van der Waals surface area contributed by atoms with Gasteiger partial charge in [0.2, 0.25) is 0 Å². The fourth-order valence-electron chi connectivity index (χ4n) is 4.03. The number of anilines is 1. The van der Waals surface area contributed by atoms with Gasteiger partial charge in [0.25, 0.3) is 0 Å². The van der Waals surface area contributed by atoms with Crippen molar-refractivity contribution in [3.63, 3.8) is 0 Å². The normalized spacial score (nSPS) is 23.7. The summed E-state index contributed by atoms with van der Waals surface area (Å²) in [5, 5.41) is 0. The standard InChI is InChI=1S/C20H22N2O3S2/c1-14-5-3-6-15(9-14)11-21-18-12-27(24,25)13-19(18)22(20(21)23)16-7-4-8-17(10-16)26-2/h3-10,18-19H,11-13H2,1-2H3/t18-,19+/m1/s1. The summed E-state index contributed by atoms with van der Waals surface area (Å²) in [6.07, 6.45) is 1.98. The predicted molar refractivity (Wildman–Crippen MR) is 109 cm³/mol. The van der Waals surface area contributed by atoms with Gasteiger partial charge in [-0.15, -0.1) is 11.8 Å². The number of urea groups is 1. The van der Waals surface area contributed by atoms with Crippen LogP contribution in [0.25, 0.3) is 0 Å². The zero-order chi connectivity index (χ0) is 19.2. The van der Waals surface area contributed by atoms with Gasteiger partial charge in [0.1, 0.15) is 0 Å². The fraction of sp³-hybridized carbons (Fsp3) is 0.350. The summed E-state index contributed by atoms with van der Waals surface area (Å²) in [5.41, 5.74) is 2.91. The molecule has 2 aromatic rings. The van der Waals surface area contributed by atoms with Crippen LogP contribution in [0, 0.1) is 6.92 Å². The van der Waals surface area contributed by atoms with Gasteiger partial charge in [-0.2, -0.15) is 0 Å². The smallest absolute Gasteiger partial charge is 0.314 e. The number of carbonyl (C=O) groups is 1. The van der Waals surface area contributed by atoms with Crippen LogP contribution in [0.1, 0.15) is 11.1 Å². The van der Waals surface area contributed by atoms with Crippen LogP contribution in [0.5, 0.6) is 0 Å². The minimum absolute atomic E-state index is 0.0250. The molecule has 2 aliphatic heterocycles. The van der Waals surface area contributed by atoms with Crippen LogP contribution in [0.3, 0.4) is 0 Å². The zero-order valence-corrected chi connectivity index (χ0v) is 17.0. The number of rotatable bonds is 4. The molecule has 0 radical (unpaired) electrons. The summed E-state index contributed by atoms with van der Waals surface area (Å²) >= 11 is 1.60. The van der Waals surface area contributed by atoms with E-state index in [-0.39, 0.29) is 29.6 Å². The highest BCUT2D eigenvalue weighted by molar-refractivity contribution is 7.98. The SMILES string of the molecule is CSc1cccc(N2C(=O)N(Cc3cccc(C)c3)[C@@H]3CS(=O)(=O)C[C@@H]32)c1. The maximum absolute atomic E-state index is 13.3. The fourth-order valence-corrected chi connectivity index (χ4v) is 6.43. The van der Waals surface area contributed by atoms with E-state index in [1.807, 2.05) is 61.7 Å². The predicted octanol–water partition coefficient (Wildman–Crippen LogP) is 3.32. The molecule has 0 N–H and O–H groups in total. The second-order valence-electron chi connectivity index (χ2n) is 7.18. The van der Waals surface area contributed by atoms with Crippen molar-refractivity contribution in [1.29, 1.82) is 0 Å². The molecule has 142 valence electrons. The second kappa shape index (κ2) is 6.87. The molecule has 2 fully saturated rings. The summed E-state index contributed by atoms with van der Waals surface area (Å²) < 4.78 is 24.7. The molecule has 0 saturated carbocycles. The molecular weight excluding hydrogens is 380 g/mol. The molecule has 0 unspecified atom stereocenters. The molecule has 2 aliphatic rings. The molecule has 2 aromatic carbocycles. The van der Waals surface area contributed by atoms with Crippen molar-refractivity contribution in [2.75, 3.05) is 22.7 Å². The van der Waals surface area contributed by atoms with E-state index >= 15 is 0 Å². The van der Waals surface area contributed by atoms with E-state index < -0.39 is 9.84 Å². The zero-order valence-electron chi connectivity index (χ0n) is 15.3. The number of thioether (sulfide) groups is 1. The van der Waals surface area contributed by atoms with Crippen LogP contribution >= 0.6 is 11.8 Å². The van der Waals surface area contributed by atoms with Crippen molar-refractivity contribution >= 4 is 33.3 Å². The van der Waals surface area contributed by atoms with Gasteiger partial charge >= 0.3 is 6.03 Å². The maximum Gasteiger partial charge on any atom is 0.325 e. The van der Waals surface area contributed by atoms with Gasteiger partial charge in [-0.1, -0.05) is 35.9 Å². The quantitative estimate of drug-likeness (QED) is 0.581. The molecule has 2 atom stereocenters. The van der Waals surface area contributed by atoms with Gasteiger partial charge < -0.3 is 4.90 Å². The number of amides is 2. The number of hydrogen-bond acceptors (Lipinski definition) is 4. The van der Waals surface area contributed by atoms with Crippen LogP contribution in [-0.4, -0.2) is 49.2 Å². The lowest BCUT2D eigenvalue weighted by Crippen LogP contribution is -2.37. The third-order valence-electron chi connectivity index (χ3n) is 5.24. The lowest BCUT2D eigenvalue weighted by molar-refractivity contribution is 0.206. The molecule has 0 spiro atoms. The Labute approximate surface area is 164 Å². The molecule has 0 aliphatic carbocycles. The molecule has 7 heteroatoms. The Morgan fingerprint density at radius 2 is 1.81 bits per heavy atom. The molecule has 2 saturated heterocycles. The van der Waals surface area contributed by atoms with Crippen molar-refractivity contribution in [3.8, 4) is 0 Å². The summed E-state index contributed by atoms with van der Waals surface area (Å²) in [7, 11) is -3.16. The lowest BCUT2D eigenvalue weighted by atomic mass is 10.1. The van der Waals surface area contributed by atoms with Crippen molar-refractivity contribution in [1.82, 2.24) is 4.90 Å². The first kappa shape index (κ1) is 18.4. The van der Waals surface area contributed by atoms with Crippen LogP contribution in [0.4, 0.5) is 10.5 Å². The maximum atomic E-state index is 13.3. The molecular formula is C20H22N2O3S2. The Morgan fingerprint density at radius 3 is 2.56 bits per heavy atom. The first-order valence-electron chi connectivity index (χ1n) is 8.88. The van der Waals surface area contributed by atoms with E-state index in [0.29, 0.717) is 6.54 Å². The highest BCUT2D eigenvalue weighted by Gasteiger charge is 2.53. The van der Waals surface area contributed by atoms with Crippen molar-refractivity contribution in [3.05, 3.63) is 59.7 Å². The highest BCUT2D eigenvalue weighted by Crippen LogP contribution is 2.37. The van der Waals surface area contributed by atoms with E-state index in [4.69, 9.17) is 0 Å².